The Morgan fingerprint density at radius 1 is 1.30 bits per heavy atom. The summed E-state index contributed by atoms with van der Waals surface area (Å²) in [7, 11) is 0. The molecular weight excluding hydrogens is 344 g/mol. The number of anilines is 1. The van der Waals surface area contributed by atoms with E-state index in [1.807, 2.05) is 24.3 Å². The third kappa shape index (κ3) is 7.46. The zero-order chi connectivity index (χ0) is 19.9. The van der Waals surface area contributed by atoms with Gasteiger partial charge in [0.1, 0.15) is 11.6 Å². The van der Waals surface area contributed by atoms with Gasteiger partial charge in [-0.15, -0.1) is 0 Å². The molecule has 0 saturated heterocycles. The Balaban J connectivity index is 2.10. The number of fused-ring (bicyclic) bond motifs is 2. The SMILES string of the molecule is CC(C)(C)OC(=O)NC[C@H]1Nc2cccc(c2)C(N)CCCCCNC1=O. The van der Waals surface area contributed by atoms with Crippen molar-refractivity contribution in [3.05, 3.63) is 29.8 Å². The molecule has 5 N–H and O–H groups in total. The standard InChI is InChI=1S/C20H32N4O3/c1-20(2,3)27-19(26)23-13-17-18(25)22-11-6-4-5-10-16(21)14-8-7-9-15(12-14)24-17/h7-9,12,16-17,24H,4-6,10-11,13,21H2,1-3H3,(H,22,25)(H,23,26)/t16?,17-/m1/s1. The summed E-state index contributed by atoms with van der Waals surface area (Å²) in [6.07, 6.45) is 3.32. The van der Waals surface area contributed by atoms with E-state index >= 15 is 0 Å². The Labute approximate surface area is 161 Å². The third-order valence-corrected chi connectivity index (χ3v) is 4.31. The van der Waals surface area contributed by atoms with Crippen LogP contribution in [0.5, 0.6) is 0 Å². The number of amides is 2. The Morgan fingerprint density at radius 3 is 2.81 bits per heavy atom. The second-order valence-corrected chi connectivity index (χ2v) is 7.95. The topological polar surface area (TPSA) is 105 Å². The Morgan fingerprint density at radius 2 is 2.07 bits per heavy atom. The normalized spacial score (nSPS) is 21.6. The molecule has 1 aromatic carbocycles. The molecule has 0 saturated carbocycles. The van der Waals surface area contributed by atoms with Gasteiger partial charge in [-0.1, -0.05) is 25.0 Å². The number of hydrogen-bond acceptors (Lipinski definition) is 5. The van der Waals surface area contributed by atoms with E-state index in [4.69, 9.17) is 10.5 Å². The van der Waals surface area contributed by atoms with E-state index in [1.165, 1.54) is 0 Å². The second kappa shape index (κ2) is 9.60. The van der Waals surface area contributed by atoms with Crippen LogP contribution < -0.4 is 21.7 Å². The van der Waals surface area contributed by atoms with Crippen LogP contribution in [0.4, 0.5) is 10.5 Å². The molecule has 7 heteroatoms. The molecule has 0 fully saturated rings. The average molecular weight is 377 g/mol. The van der Waals surface area contributed by atoms with E-state index in [0.29, 0.717) is 6.54 Å². The van der Waals surface area contributed by atoms with Crippen molar-refractivity contribution in [3.63, 3.8) is 0 Å². The lowest BCUT2D eigenvalue weighted by atomic mass is 10.0. The minimum atomic E-state index is -0.607. The summed E-state index contributed by atoms with van der Waals surface area (Å²) in [5.74, 6) is -0.153. The van der Waals surface area contributed by atoms with Gasteiger partial charge in [-0.2, -0.15) is 0 Å². The lowest BCUT2D eigenvalue weighted by Crippen LogP contribution is -2.48. The van der Waals surface area contributed by atoms with Gasteiger partial charge < -0.3 is 26.4 Å². The first-order chi connectivity index (χ1) is 12.7. The van der Waals surface area contributed by atoms with Crippen LogP contribution in [-0.4, -0.2) is 36.7 Å². The van der Waals surface area contributed by atoms with Crippen molar-refractivity contribution in [2.45, 2.75) is 64.1 Å². The summed E-state index contributed by atoms with van der Waals surface area (Å²) in [6, 6.07) is 7.16. The van der Waals surface area contributed by atoms with Crippen LogP contribution in [0.15, 0.2) is 24.3 Å². The van der Waals surface area contributed by atoms with Gasteiger partial charge >= 0.3 is 6.09 Å². The monoisotopic (exact) mass is 376 g/mol. The number of nitrogens with one attached hydrogen (secondary N) is 3. The fourth-order valence-electron chi connectivity index (χ4n) is 2.94. The maximum atomic E-state index is 12.6. The minimum Gasteiger partial charge on any atom is -0.444 e. The number of carbonyl (C=O) groups is 2. The molecule has 2 atom stereocenters. The van der Waals surface area contributed by atoms with E-state index in [-0.39, 0.29) is 18.5 Å². The van der Waals surface area contributed by atoms with Crippen molar-refractivity contribution in [2.75, 3.05) is 18.4 Å². The number of carbonyl (C=O) groups excluding carboxylic acids is 2. The predicted octanol–water partition coefficient (Wildman–Crippen LogP) is 2.68. The molecule has 7 nitrogen and oxygen atoms in total. The zero-order valence-corrected chi connectivity index (χ0v) is 16.5. The quantitative estimate of drug-likeness (QED) is 0.635. The van der Waals surface area contributed by atoms with Crippen molar-refractivity contribution < 1.29 is 14.3 Å². The predicted molar refractivity (Wildman–Crippen MR) is 106 cm³/mol. The number of alkyl carbamates (subject to hydrolysis) is 1. The van der Waals surface area contributed by atoms with Crippen LogP contribution in [0, 0.1) is 0 Å². The molecule has 1 aromatic rings. The van der Waals surface area contributed by atoms with E-state index in [0.717, 1.165) is 36.9 Å². The molecule has 0 radical (unpaired) electrons. The first-order valence-corrected chi connectivity index (χ1v) is 9.61. The summed E-state index contributed by atoms with van der Waals surface area (Å²) in [5.41, 5.74) is 7.54. The molecule has 1 unspecified atom stereocenters. The Bertz CT molecular complexity index is 642. The van der Waals surface area contributed by atoms with Gasteiger partial charge in [-0.25, -0.2) is 4.79 Å². The van der Waals surface area contributed by atoms with Gasteiger partial charge in [0.2, 0.25) is 5.91 Å². The van der Waals surface area contributed by atoms with Crippen LogP contribution in [0.2, 0.25) is 0 Å². The second-order valence-electron chi connectivity index (χ2n) is 7.95. The van der Waals surface area contributed by atoms with E-state index in [9.17, 15) is 9.59 Å². The number of ether oxygens (including phenoxy) is 1. The summed E-state index contributed by atoms with van der Waals surface area (Å²) in [5, 5.41) is 8.82. The molecule has 150 valence electrons. The van der Waals surface area contributed by atoms with E-state index in [1.54, 1.807) is 20.8 Å². The molecule has 2 bridgehead atoms. The van der Waals surface area contributed by atoms with Crippen molar-refractivity contribution in [2.24, 2.45) is 5.73 Å². The highest BCUT2D eigenvalue weighted by Gasteiger charge is 2.22. The third-order valence-electron chi connectivity index (χ3n) is 4.31. The first-order valence-electron chi connectivity index (χ1n) is 9.61. The van der Waals surface area contributed by atoms with E-state index < -0.39 is 17.7 Å². The van der Waals surface area contributed by atoms with Crippen molar-refractivity contribution in [1.82, 2.24) is 10.6 Å². The molecule has 1 aliphatic rings. The Kier molecular flexibility index (Phi) is 7.47. The summed E-state index contributed by atoms with van der Waals surface area (Å²) < 4.78 is 5.25. The van der Waals surface area contributed by atoms with Crippen molar-refractivity contribution >= 4 is 17.7 Å². The fraction of sp³-hybridized carbons (Fsp3) is 0.600. The van der Waals surface area contributed by atoms with Gasteiger partial charge in [-0.3, -0.25) is 4.79 Å². The molecule has 0 aliphatic carbocycles. The summed E-state index contributed by atoms with van der Waals surface area (Å²) in [4.78, 5) is 24.5. The van der Waals surface area contributed by atoms with Crippen LogP contribution in [0.1, 0.15) is 58.1 Å². The van der Waals surface area contributed by atoms with E-state index in [2.05, 4.69) is 16.0 Å². The molecule has 2 amide bonds. The number of rotatable bonds is 2. The lowest BCUT2D eigenvalue weighted by molar-refractivity contribution is -0.121. The van der Waals surface area contributed by atoms with Crippen LogP contribution in [0.3, 0.4) is 0 Å². The summed E-state index contributed by atoms with van der Waals surface area (Å²) in [6.45, 7) is 6.12. The molecule has 1 heterocycles. The largest absolute Gasteiger partial charge is 0.444 e. The van der Waals surface area contributed by atoms with Crippen LogP contribution >= 0.6 is 0 Å². The number of nitrogens with two attached hydrogens (primary N) is 1. The van der Waals surface area contributed by atoms with Gasteiger partial charge in [0.25, 0.3) is 0 Å². The van der Waals surface area contributed by atoms with Crippen LogP contribution in [-0.2, 0) is 9.53 Å². The highest BCUT2D eigenvalue weighted by atomic mass is 16.6. The molecular formula is C20H32N4O3. The Hall–Kier alpha value is -2.28. The molecule has 27 heavy (non-hydrogen) atoms. The van der Waals surface area contributed by atoms with Crippen molar-refractivity contribution in [3.8, 4) is 0 Å². The van der Waals surface area contributed by atoms with Gasteiger partial charge in [0.05, 0.1) is 6.54 Å². The highest BCUT2D eigenvalue weighted by molar-refractivity contribution is 5.85. The van der Waals surface area contributed by atoms with Gasteiger partial charge in [-0.05, 0) is 51.3 Å². The maximum absolute atomic E-state index is 12.6. The molecule has 1 aliphatic heterocycles. The van der Waals surface area contributed by atoms with Crippen molar-refractivity contribution in [1.29, 1.82) is 0 Å². The summed E-state index contributed by atoms with van der Waals surface area (Å²) >= 11 is 0. The average Bonchev–Trinajstić information content (AvgIpc) is 2.59. The molecule has 0 aromatic heterocycles. The fourth-order valence-corrected chi connectivity index (χ4v) is 2.94. The smallest absolute Gasteiger partial charge is 0.407 e. The molecule has 0 spiro atoms. The van der Waals surface area contributed by atoms with Gasteiger partial charge in [0, 0.05) is 18.3 Å². The molecule has 2 rings (SSSR count). The minimum absolute atomic E-state index is 0.0190. The zero-order valence-electron chi connectivity index (χ0n) is 16.5. The van der Waals surface area contributed by atoms with Gasteiger partial charge in [0.15, 0.2) is 0 Å². The highest BCUT2D eigenvalue weighted by Crippen LogP contribution is 2.21. The number of benzene rings is 1. The maximum Gasteiger partial charge on any atom is 0.407 e. The van der Waals surface area contributed by atoms with Crippen LogP contribution in [0.25, 0.3) is 0 Å². The lowest BCUT2D eigenvalue weighted by Gasteiger charge is -2.23. The number of hydrogen-bond donors (Lipinski definition) is 4. The first kappa shape index (κ1) is 21.0.